The average molecular weight is 210 g/mol. The first-order valence-corrected chi connectivity index (χ1v) is 4.85. The first-order valence-electron chi connectivity index (χ1n) is 4.85. The van der Waals surface area contributed by atoms with E-state index in [1.165, 1.54) is 6.33 Å². The summed E-state index contributed by atoms with van der Waals surface area (Å²) in [5.41, 5.74) is 5.07. The minimum absolute atomic E-state index is 0.225. The van der Waals surface area contributed by atoms with Gasteiger partial charge in [-0.25, -0.2) is 9.97 Å². The van der Waals surface area contributed by atoms with Crippen molar-refractivity contribution in [2.75, 3.05) is 26.1 Å². The van der Waals surface area contributed by atoms with Gasteiger partial charge in [-0.05, 0) is 0 Å². The first-order chi connectivity index (χ1) is 7.27. The van der Waals surface area contributed by atoms with E-state index in [0.717, 1.165) is 12.8 Å². The molecular weight excluding hydrogens is 196 g/mol. The Bertz CT molecular complexity index is 339. The Labute approximate surface area is 87.8 Å². The predicted octanol–water partition coefficient (Wildman–Crippen LogP) is 0.106. The van der Waals surface area contributed by atoms with Crippen LogP contribution in [-0.4, -0.2) is 35.3 Å². The molecule has 82 valence electrons. The summed E-state index contributed by atoms with van der Waals surface area (Å²) < 4.78 is 10.8. The van der Waals surface area contributed by atoms with Crippen molar-refractivity contribution in [2.45, 2.75) is 18.4 Å². The summed E-state index contributed by atoms with van der Waals surface area (Å²) in [7, 11) is 1.66. The highest BCUT2D eigenvalue weighted by molar-refractivity contribution is 5.16. The molecule has 0 spiro atoms. The Kier molecular flexibility index (Phi) is 2.79. The van der Waals surface area contributed by atoms with Crippen LogP contribution in [0.5, 0.6) is 0 Å². The highest BCUT2D eigenvalue weighted by Crippen LogP contribution is 2.32. The quantitative estimate of drug-likeness (QED) is 0.745. The molecule has 2 rings (SSSR count). The van der Waals surface area contributed by atoms with Crippen LogP contribution >= 0.6 is 0 Å². The SMILES string of the molecule is COC1(c2ncnc(N)n2)CCOCC1. The number of methoxy groups -OCH3 is 1. The molecule has 2 heterocycles. The standard InChI is InChI=1S/C9H14N4O2/c1-14-9(2-4-15-5-3-9)7-11-6-12-8(10)13-7/h6H,2-5H2,1H3,(H2,10,11,12,13). The second-order valence-electron chi connectivity index (χ2n) is 3.48. The van der Waals surface area contributed by atoms with Crippen molar-refractivity contribution in [1.29, 1.82) is 0 Å². The third kappa shape index (κ3) is 1.91. The van der Waals surface area contributed by atoms with Gasteiger partial charge in [0.2, 0.25) is 5.95 Å². The number of hydrogen-bond acceptors (Lipinski definition) is 6. The maximum atomic E-state index is 5.53. The van der Waals surface area contributed by atoms with Crippen LogP contribution in [0.25, 0.3) is 0 Å². The molecular formula is C9H14N4O2. The molecule has 2 N–H and O–H groups in total. The number of hydrogen-bond donors (Lipinski definition) is 1. The molecule has 1 aromatic rings. The maximum Gasteiger partial charge on any atom is 0.223 e. The topological polar surface area (TPSA) is 83.2 Å². The van der Waals surface area contributed by atoms with Crippen molar-refractivity contribution in [3.63, 3.8) is 0 Å². The molecule has 0 aliphatic carbocycles. The zero-order chi connectivity index (χ0) is 10.7. The third-order valence-corrected chi connectivity index (χ3v) is 2.69. The second kappa shape index (κ2) is 4.08. The van der Waals surface area contributed by atoms with E-state index in [0.29, 0.717) is 19.0 Å². The molecule has 0 amide bonds. The second-order valence-corrected chi connectivity index (χ2v) is 3.48. The number of anilines is 1. The Morgan fingerprint density at radius 3 is 2.73 bits per heavy atom. The summed E-state index contributed by atoms with van der Waals surface area (Å²) in [4.78, 5) is 12.0. The van der Waals surface area contributed by atoms with Crippen molar-refractivity contribution in [2.24, 2.45) is 0 Å². The summed E-state index contributed by atoms with van der Waals surface area (Å²) in [6, 6.07) is 0. The van der Waals surface area contributed by atoms with E-state index < -0.39 is 5.60 Å². The van der Waals surface area contributed by atoms with Crippen molar-refractivity contribution < 1.29 is 9.47 Å². The van der Waals surface area contributed by atoms with Crippen molar-refractivity contribution >= 4 is 5.95 Å². The lowest BCUT2D eigenvalue weighted by Crippen LogP contribution is -2.37. The molecule has 0 saturated carbocycles. The van der Waals surface area contributed by atoms with Gasteiger partial charge < -0.3 is 15.2 Å². The van der Waals surface area contributed by atoms with E-state index in [2.05, 4.69) is 15.0 Å². The lowest BCUT2D eigenvalue weighted by atomic mass is 9.93. The van der Waals surface area contributed by atoms with E-state index in [1.54, 1.807) is 7.11 Å². The van der Waals surface area contributed by atoms with Gasteiger partial charge in [0.15, 0.2) is 5.82 Å². The van der Waals surface area contributed by atoms with Crippen molar-refractivity contribution in [3.8, 4) is 0 Å². The van der Waals surface area contributed by atoms with Crippen LogP contribution in [-0.2, 0) is 15.1 Å². The number of nitrogens with zero attached hydrogens (tertiary/aromatic N) is 3. The van der Waals surface area contributed by atoms with Crippen LogP contribution in [0, 0.1) is 0 Å². The first kappa shape index (κ1) is 10.3. The molecule has 1 fully saturated rings. The molecule has 15 heavy (non-hydrogen) atoms. The lowest BCUT2D eigenvalue weighted by Gasteiger charge is -2.34. The van der Waals surface area contributed by atoms with Gasteiger partial charge in [0, 0.05) is 33.2 Å². The van der Waals surface area contributed by atoms with Gasteiger partial charge in [0.25, 0.3) is 0 Å². The van der Waals surface area contributed by atoms with Crippen LogP contribution < -0.4 is 5.73 Å². The zero-order valence-corrected chi connectivity index (χ0v) is 8.64. The summed E-state index contributed by atoms with van der Waals surface area (Å²) >= 11 is 0. The Morgan fingerprint density at radius 1 is 1.40 bits per heavy atom. The minimum atomic E-state index is -0.463. The fourth-order valence-electron chi connectivity index (χ4n) is 1.75. The Balaban J connectivity index is 2.32. The monoisotopic (exact) mass is 210 g/mol. The number of aromatic nitrogens is 3. The van der Waals surface area contributed by atoms with Crippen molar-refractivity contribution in [1.82, 2.24) is 15.0 Å². The number of nitrogens with two attached hydrogens (primary N) is 1. The molecule has 1 aliphatic heterocycles. The average Bonchev–Trinajstić information content (AvgIpc) is 2.30. The van der Waals surface area contributed by atoms with Crippen LogP contribution in [0.4, 0.5) is 5.95 Å². The molecule has 1 aromatic heterocycles. The minimum Gasteiger partial charge on any atom is -0.381 e. The van der Waals surface area contributed by atoms with Crippen LogP contribution in [0.1, 0.15) is 18.7 Å². The fraction of sp³-hybridized carbons (Fsp3) is 0.667. The molecule has 0 aromatic carbocycles. The number of nitrogen functional groups attached to an aromatic ring is 1. The normalized spacial score (nSPS) is 20.1. The molecule has 0 unspecified atom stereocenters. The van der Waals surface area contributed by atoms with E-state index in [4.69, 9.17) is 15.2 Å². The van der Waals surface area contributed by atoms with Gasteiger partial charge in [-0.1, -0.05) is 0 Å². The highest BCUT2D eigenvalue weighted by atomic mass is 16.5. The molecule has 1 saturated heterocycles. The van der Waals surface area contributed by atoms with Gasteiger partial charge in [-0.15, -0.1) is 0 Å². The van der Waals surface area contributed by atoms with Crippen LogP contribution in [0.3, 0.4) is 0 Å². The molecule has 1 aliphatic rings. The third-order valence-electron chi connectivity index (χ3n) is 2.69. The number of rotatable bonds is 2. The van der Waals surface area contributed by atoms with Gasteiger partial charge >= 0.3 is 0 Å². The highest BCUT2D eigenvalue weighted by Gasteiger charge is 2.37. The predicted molar refractivity (Wildman–Crippen MR) is 53.0 cm³/mol. The molecule has 0 atom stereocenters. The van der Waals surface area contributed by atoms with Crippen molar-refractivity contribution in [3.05, 3.63) is 12.2 Å². The van der Waals surface area contributed by atoms with E-state index >= 15 is 0 Å². The smallest absolute Gasteiger partial charge is 0.223 e. The molecule has 6 heteroatoms. The number of ether oxygens (including phenoxy) is 2. The van der Waals surface area contributed by atoms with Crippen LogP contribution in [0.2, 0.25) is 0 Å². The van der Waals surface area contributed by atoms with Crippen LogP contribution in [0.15, 0.2) is 6.33 Å². The zero-order valence-electron chi connectivity index (χ0n) is 8.64. The maximum absolute atomic E-state index is 5.53. The molecule has 0 bridgehead atoms. The lowest BCUT2D eigenvalue weighted by molar-refractivity contribution is -0.1000. The Hall–Kier alpha value is -1.27. The fourth-order valence-corrected chi connectivity index (χ4v) is 1.75. The van der Waals surface area contributed by atoms with Gasteiger partial charge in [-0.2, -0.15) is 4.98 Å². The van der Waals surface area contributed by atoms with E-state index in [1.807, 2.05) is 0 Å². The Morgan fingerprint density at radius 2 is 2.13 bits per heavy atom. The van der Waals surface area contributed by atoms with Gasteiger partial charge in [0.1, 0.15) is 11.9 Å². The summed E-state index contributed by atoms with van der Waals surface area (Å²) in [6.07, 6.45) is 2.90. The largest absolute Gasteiger partial charge is 0.381 e. The summed E-state index contributed by atoms with van der Waals surface area (Å²) in [5, 5.41) is 0. The van der Waals surface area contributed by atoms with Gasteiger partial charge in [0.05, 0.1) is 0 Å². The van der Waals surface area contributed by atoms with E-state index in [-0.39, 0.29) is 5.95 Å². The summed E-state index contributed by atoms with van der Waals surface area (Å²) in [6.45, 7) is 1.30. The van der Waals surface area contributed by atoms with E-state index in [9.17, 15) is 0 Å². The van der Waals surface area contributed by atoms with Gasteiger partial charge in [-0.3, -0.25) is 0 Å². The molecule has 6 nitrogen and oxygen atoms in total. The molecule has 0 radical (unpaired) electrons. The summed E-state index contributed by atoms with van der Waals surface area (Å²) in [5.74, 6) is 0.823.